The van der Waals surface area contributed by atoms with E-state index in [1.165, 1.54) is 18.4 Å². The summed E-state index contributed by atoms with van der Waals surface area (Å²) in [7, 11) is 0. The number of nitrogens with zero attached hydrogens (tertiary/aromatic N) is 2. The van der Waals surface area contributed by atoms with Crippen LogP contribution in [0.4, 0.5) is 0 Å². The standard InChI is InChI=1S/C16H24N2O3/c1-10-13(11(2)21-17-10)5-18-6-16(20-7-12-3-4-12)14-8-19-9-15(14)18/h12,14-16H,3-9H2,1-2H3/t14-,15+,16-/m1/s1. The smallest absolute Gasteiger partial charge is 0.138 e. The molecule has 5 heteroatoms. The highest BCUT2D eigenvalue weighted by Crippen LogP contribution is 2.36. The van der Waals surface area contributed by atoms with Crippen LogP contribution < -0.4 is 0 Å². The average Bonchev–Trinajstić information content (AvgIpc) is 2.94. The number of likely N-dealkylation sites (tertiary alicyclic amines) is 1. The van der Waals surface area contributed by atoms with Crippen LogP contribution in [0.2, 0.25) is 0 Å². The van der Waals surface area contributed by atoms with Crippen LogP contribution in [0.1, 0.15) is 29.9 Å². The van der Waals surface area contributed by atoms with Gasteiger partial charge < -0.3 is 14.0 Å². The van der Waals surface area contributed by atoms with Gasteiger partial charge in [-0.1, -0.05) is 5.16 Å². The molecule has 5 nitrogen and oxygen atoms in total. The molecule has 1 aromatic heterocycles. The minimum Gasteiger partial charge on any atom is -0.379 e. The fourth-order valence-corrected chi connectivity index (χ4v) is 3.63. The van der Waals surface area contributed by atoms with E-state index >= 15 is 0 Å². The summed E-state index contributed by atoms with van der Waals surface area (Å²) in [4.78, 5) is 2.50. The number of hydrogen-bond acceptors (Lipinski definition) is 5. The summed E-state index contributed by atoms with van der Waals surface area (Å²) in [5.74, 6) is 2.29. The van der Waals surface area contributed by atoms with Gasteiger partial charge in [-0.05, 0) is 32.6 Å². The Morgan fingerprint density at radius 3 is 2.86 bits per heavy atom. The lowest BCUT2D eigenvalue weighted by molar-refractivity contribution is 0.0137. The van der Waals surface area contributed by atoms with Crippen LogP contribution in [0.25, 0.3) is 0 Å². The topological polar surface area (TPSA) is 47.7 Å². The first kappa shape index (κ1) is 13.7. The number of aromatic nitrogens is 1. The lowest BCUT2D eigenvalue weighted by Crippen LogP contribution is -2.32. The van der Waals surface area contributed by atoms with Crippen LogP contribution in [-0.2, 0) is 16.0 Å². The zero-order chi connectivity index (χ0) is 14.4. The predicted molar refractivity (Wildman–Crippen MR) is 76.9 cm³/mol. The van der Waals surface area contributed by atoms with Gasteiger partial charge in [-0.15, -0.1) is 0 Å². The Balaban J connectivity index is 1.45. The van der Waals surface area contributed by atoms with E-state index in [-0.39, 0.29) is 0 Å². The van der Waals surface area contributed by atoms with Gasteiger partial charge in [-0.25, -0.2) is 0 Å². The summed E-state index contributed by atoms with van der Waals surface area (Å²) in [6.45, 7) is 8.54. The lowest BCUT2D eigenvalue weighted by Gasteiger charge is -2.21. The SMILES string of the molecule is Cc1noc(C)c1CN1C[C@@H](OCC2CC2)[C@@H]2COC[C@@H]21. The molecule has 0 aromatic carbocycles. The highest BCUT2D eigenvalue weighted by molar-refractivity contribution is 5.21. The van der Waals surface area contributed by atoms with Crippen molar-refractivity contribution in [1.82, 2.24) is 10.1 Å². The van der Waals surface area contributed by atoms with Crippen molar-refractivity contribution >= 4 is 0 Å². The number of rotatable bonds is 5. The van der Waals surface area contributed by atoms with E-state index in [9.17, 15) is 0 Å². The molecule has 0 amide bonds. The highest BCUT2D eigenvalue weighted by atomic mass is 16.5. The molecule has 4 rings (SSSR count). The molecular formula is C16H24N2O3. The van der Waals surface area contributed by atoms with Crippen LogP contribution in [0.3, 0.4) is 0 Å². The van der Waals surface area contributed by atoms with Gasteiger partial charge in [-0.2, -0.15) is 0 Å². The Kier molecular flexibility index (Phi) is 3.52. The quantitative estimate of drug-likeness (QED) is 0.830. The maximum atomic E-state index is 6.19. The number of fused-ring (bicyclic) bond motifs is 1. The number of aryl methyl sites for hydroxylation is 2. The molecule has 0 bridgehead atoms. The van der Waals surface area contributed by atoms with Crippen molar-refractivity contribution in [3.8, 4) is 0 Å². The molecule has 3 heterocycles. The molecule has 3 fully saturated rings. The molecule has 0 spiro atoms. The van der Waals surface area contributed by atoms with E-state index in [1.54, 1.807) is 0 Å². The van der Waals surface area contributed by atoms with Gasteiger partial charge in [0, 0.05) is 37.2 Å². The number of hydrogen-bond donors (Lipinski definition) is 0. The van der Waals surface area contributed by atoms with Gasteiger partial charge in [0.2, 0.25) is 0 Å². The Morgan fingerprint density at radius 2 is 2.14 bits per heavy atom. The Hall–Kier alpha value is -0.910. The summed E-state index contributed by atoms with van der Waals surface area (Å²) in [6, 6.07) is 0.489. The molecule has 1 aromatic rings. The average molecular weight is 292 g/mol. The summed E-state index contributed by atoms with van der Waals surface area (Å²) in [5, 5.41) is 4.07. The summed E-state index contributed by atoms with van der Waals surface area (Å²) in [6.07, 6.45) is 3.03. The van der Waals surface area contributed by atoms with Crippen molar-refractivity contribution in [3.05, 3.63) is 17.0 Å². The van der Waals surface area contributed by atoms with E-state index in [4.69, 9.17) is 14.0 Å². The van der Waals surface area contributed by atoms with Gasteiger partial charge in [0.15, 0.2) is 0 Å². The molecule has 2 saturated heterocycles. The van der Waals surface area contributed by atoms with E-state index in [2.05, 4.69) is 10.1 Å². The molecule has 21 heavy (non-hydrogen) atoms. The molecule has 3 atom stereocenters. The first-order chi connectivity index (χ1) is 10.2. The summed E-state index contributed by atoms with van der Waals surface area (Å²) in [5.41, 5.74) is 2.23. The summed E-state index contributed by atoms with van der Waals surface area (Å²) >= 11 is 0. The van der Waals surface area contributed by atoms with Crippen LogP contribution in [-0.4, -0.2) is 48.6 Å². The second-order valence-corrected chi connectivity index (χ2v) is 6.82. The second-order valence-electron chi connectivity index (χ2n) is 6.82. The molecule has 0 unspecified atom stereocenters. The normalized spacial score (nSPS) is 32.8. The molecule has 0 radical (unpaired) electrons. The predicted octanol–water partition coefficient (Wildman–Crippen LogP) is 1.92. The molecular weight excluding hydrogens is 268 g/mol. The third-order valence-electron chi connectivity index (χ3n) is 5.24. The van der Waals surface area contributed by atoms with Crippen LogP contribution in [0.5, 0.6) is 0 Å². The minimum absolute atomic E-state index is 0.332. The van der Waals surface area contributed by atoms with E-state index < -0.39 is 0 Å². The van der Waals surface area contributed by atoms with Gasteiger partial charge in [-0.3, -0.25) is 4.90 Å². The third kappa shape index (κ3) is 2.62. The Labute approximate surface area is 125 Å². The van der Waals surface area contributed by atoms with Gasteiger partial charge in [0.05, 0.1) is 25.0 Å². The van der Waals surface area contributed by atoms with Crippen molar-refractivity contribution in [2.24, 2.45) is 11.8 Å². The number of ether oxygens (including phenoxy) is 2. The molecule has 1 aliphatic carbocycles. The molecule has 1 saturated carbocycles. The third-order valence-corrected chi connectivity index (χ3v) is 5.24. The zero-order valence-corrected chi connectivity index (χ0v) is 12.9. The maximum Gasteiger partial charge on any atom is 0.138 e. The van der Waals surface area contributed by atoms with Crippen molar-refractivity contribution in [2.45, 2.75) is 45.4 Å². The Morgan fingerprint density at radius 1 is 1.29 bits per heavy atom. The van der Waals surface area contributed by atoms with Gasteiger partial charge in [0.25, 0.3) is 0 Å². The van der Waals surface area contributed by atoms with Crippen LogP contribution in [0.15, 0.2) is 4.52 Å². The van der Waals surface area contributed by atoms with Gasteiger partial charge >= 0.3 is 0 Å². The molecule has 116 valence electrons. The van der Waals surface area contributed by atoms with Crippen molar-refractivity contribution in [2.75, 3.05) is 26.4 Å². The maximum absolute atomic E-state index is 6.19. The van der Waals surface area contributed by atoms with Crippen molar-refractivity contribution < 1.29 is 14.0 Å². The first-order valence-electron chi connectivity index (χ1n) is 8.07. The fourth-order valence-electron chi connectivity index (χ4n) is 3.63. The summed E-state index contributed by atoms with van der Waals surface area (Å²) < 4.78 is 17.2. The Bertz CT molecular complexity index is 492. The van der Waals surface area contributed by atoms with E-state index in [1.807, 2.05) is 13.8 Å². The monoisotopic (exact) mass is 292 g/mol. The molecule has 3 aliphatic rings. The van der Waals surface area contributed by atoms with E-state index in [0.29, 0.717) is 18.1 Å². The van der Waals surface area contributed by atoms with Crippen molar-refractivity contribution in [1.29, 1.82) is 0 Å². The lowest BCUT2D eigenvalue weighted by atomic mass is 10.0. The van der Waals surface area contributed by atoms with Crippen molar-refractivity contribution in [3.63, 3.8) is 0 Å². The van der Waals surface area contributed by atoms with Crippen LogP contribution >= 0.6 is 0 Å². The molecule has 2 aliphatic heterocycles. The zero-order valence-electron chi connectivity index (χ0n) is 12.9. The highest BCUT2D eigenvalue weighted by Gasteiger charge is 2.46. The fraction of sp³-hybridized carbons (Fsp3) is 0.812. The largest absolute Gasteiger partial charge is 0.379 e. The van der Waals surface area contributed by atoms with E-state index in [0.717, 1.165) is 50.3 Å². The minimum atomic E-state index is 0.332. The second kappa shape index (κ2) is 5.38. The molecule has 0 N–H and O–H groups in total. The first-order valence-corrected chi connectivity index (χ1v) is 8.07. The van der Waals surface area contributed by atoms with Crippen LogP contribution in [0, 0.1) is 25.7 Å². The van der Waals surface area contributed by atoms with Gasteiger partial charge in [0.1, 0.15) is 5.76 Å².